The van der Waals surface area contributed by atoms with Gasteiger partial charge in [0.1, 0.15) is 11.5 Å². The first kappa shape index (κ1) is 16.0. The summed E-state index contributed by atoms with van der Waals surface area (Å²) in [6.07, 6.45) is 6.27. The molecule has 0 saturated carbocycles. The van der Waals surface area contributed by atoms with E-state index < -0.39 is 5.82 Å². The minimum Gasteiger partial charge on any atom is -0.254 e. The maximum absolute atomic E-state index is 13.4. The fraction of sp³-hybridized carbons (Fsp3) is 0.0556. The number of hydrogen-bond acceptors (Lipinski definition) is 3. The Balaban J connectivity index is 1.94. The normalized spacial score (nSPS) is 11.2. The molecular weight excluding hydrogens is 362 g/mol. The van der Waals surface area contributed by atoms with Gasteiger partial charge in [0.15, 0.2) is 0 Å². The third-order valence-electron chi connectivity index (χ3n) is 3.73. The molecule has 4 aromatic rings. The van der Waals surface area contributed by atoms with Gasteiger partial charge in [0, 0.05) is 17.8 Å². The van der Waals surface area contributed by atoms with Crippen LogP contribution in [-0.4, -0.2) is 19.7 Å². The molecule has 0 aliphatic carbocycles. The fourth-order valence-electron chi connectivity index (χ4n) is 2.63. The van der Waals surface area contributed by atoms with Gasteiger partial charge < -0.3 is 0 Å². The molecule has 7 heteroatoms. The zero-order chi connectivity index (χ0) is 17.6. The van der Waals surface area contributed by atoms with Crippen LogP contribution in [0.4, 0.5) is 4.39 Å². The summed E-state index contributed by atoms with van der Waals surface area (Å²) in [4.78, 5) is 8.68. The van der Waals surface area contributed by atoms with E-state index in [-0.39, 0.29) is 10.0 Å². The summed E-state index contributed by atoms with van der Waals surface area (Å²) in [5.41, 5.74) is 3.51. The number of fused-ring (bicyclic) bond motifs is 1. The van der Waals surface area contributed by atoms with Crippen molar-refractivity contribution in [3.63, 3.8) is 0 Å². The number of hydrogen-bond donors (Lipinski definition) is 0. The van der Waals surface area contributed by atoms with E-state index in [4.69, 9.17) is 23.2 Å². The molecule has 4 rings (SSSR count). The van der Waals surface area contributed by atoms with Crippen molar-refractivity contribution < 1.29 is 4.39 Å². The van der Waals surface area contributed by atoms with E-state index in [1.807, 2.05) is 13.0 Å². The molecular formula is C18H10Cl2FN4. The number of aryl methyl sites for hydroxylation is 1. The van der Waals surface area contributed by atoms with E-state index >= 15 is 0 Å². The van der Waals surface area contributed by atoms with Crippen LogP contribution in [0.25, 0.3) is 28.0 Å². The number of benzene rings is 1. The lowest BCUT2D eigenvalue weighted by atomic mass is 10.1. The predicted octanol–water partition coefficient (Wildman–Crippen LogP) is 5.04. The Morgan fingerprint density at radius 3 is 2.64 bits per heavy atom. The molecule has 0 unspecified atom stereocenters. The summed E-state index contributed by atoms with van der Waals surface area (Å²) in [6, 6.07) is 7.90. The van der Waals surface area contributed by atoms with Crippen molar-refractivity contribution in [3.05, 3.63) is 70.3 Å². The zero-order valence-corrected chi connectivity index (χ0v) is 14.5. The fourth-order valence-corrected chi connectivity index (χ4v) is 3.26. The quantitative estimate of drug-likeness (QED) is 0.495. The monoisotopic (exact) mass is 371 g/mol. The van der Waals surface area contributed by atoms with Gasteiger partial charge in [0.25, 0.3) is 0 Å². The van der Waals surface area contributed by atoms with Crippen molar-refractivity contribution in [1.29, 1.82) is 0 Å². The lowest BCUT2D eigenvalue weighted by Gasteiger charge is -2.06. The molecule has 0 saturated heterocycles. The first-order chi connectivity index (χ1) is 12.0. The number of halogens is 3. The maximum Gasteiger partial charge on any atom is 0.126 e. The first-order valence-electron chi connectivity index (χ1n) is 7.37. The van der Waals surface area contributed by atoms with Gasteiger partial charge in [-0.2, -0.15) is 5.10 Å². The summed E-state index contributed by atoms with van der Waals surface area (Å²) in [5, 5.41) is 5.62. The first-order valence-corrected chi connectivity index (χ1v) is 8.13. The second kappa shape index (κ2) is 6.10. The van der Waals surface area contributed by atoms with E-state index in [1.165, 1.54) is 16.8 Å². The summed E-state index contributed by atoms with van der Waals surface area (Å²) in [7, 11) is 0. The van der Waals surface area contributed by atoms with Crippen molar-refractivity contribution in [1.82, 2.24) is 19.7 Å². The summed E-state index contributed by atoms with van der Waals surface area (Å²) < 4.78 is 15.0. The number of nitrogens with zero attached hydrogens (tertiary/aromatic N) is 4. The van der Waals surface area contributed by atoms with Crippen molar-refractivity contribution in [3.8, 4) is 17.1 Å². The van der Waals surface area contributed by atoms with Crippen LogP contribution >= 0.6 is 23.2 Å². The van der Waals surface area contributed by atoms with E-state index in [1.54, 1.807) is 24.5 Å². The van der Waals surface area contributed by atoms with Crippen LogP contribution in [0.2, 0.25) is 10.0 Å². The van der Waals surface area contributed by atoms with Crippen molar-refractivity contribution in [2.75, 3.05) is 0 Å². The van der Waals surface area contributed by atoms with Gasteiger partial charge in [0.05, 0.1) is 33.1 Å². The highest BCUT2D eigenvalue weighted by Gasteiger charge is 2.15. The third kappa shape index (κ3) is 2.86. The highest BCUT2D eigenvalue weighted by molar-refractivity contribution is 6.37. The highest BCUT2D eigenvalue weighted by Crippen LogP contribution is 2.32. The average Bonchev–Trinajstić information content (AvgIpc) is 2.97. The Bertz CT molecular complexity index is 1080. The van der Waals surface area contributed by atoms with Gasteiger partial charge in [0.2, 0.25) is 0 Å². The van der Waals surface area contributed by atoms with Gasteiger partial charge in [-0.1, -0.05) is 23.2 Å². The van der Waals surface area contributed by atoms with Gasteiger partial charge in [-0.25, -0.2) is 14.1 Å². The third-order valence-corrected chi connectivity index (χ3v) is 4.31. The molecule has 25 heavy (non-hydrogen) atoms. The van der Waals surface area contributed by atoms with Gasteiger partial charge in [-0.05, 0) is 42.8 Å². The van der Waals surface area contributed by atoms with E-state index in [0.717, 1.165) is 10.9 Å². The number of rotatable bonds is 2. The molecule has 0 aliphatic rings. The van der Waals surface area contributed by atoms with Crippen LogP contribution in [0.15, 0.2) is 42.7 Å². The second-order valence-electron chi connectivity index (χ2n) is 5.54. The van der Waals surface area contributed by atoms with E-state index in [0.29, 0.717) is 22.6 Å². The SMILES string of the molecule is Cc1c[c]nc(-c2nccc3nn(-c4c(Cl)cc(F)cc4Cl)cc23)c1. The smallest absolute Gasteiger partial charge is 0.126 e. The lowest BCUT2D eigenvalue weighted by molar-refractivity contribution is 0.627. The van der Waals surface area contributed by atoms with Gasteiger partial charge in [-0.3, -0.25) is 4.98 Å². The average molecular weight is 372 g/mol. The predicted molar refractivity (Wildman–Crippen MR) is 95.6 cm³/mol. The molecule has 0 aliphatic heterocycles. The molecule has 0 bridgehead atoms. The lowest BCUT2D eigenvalue weighted by Crippen LogP contribution is -1.97. The Kier molecular flexibility index (Phi) is 3.90. The molecule has 0 amide bonds. The van der Waals surface area contributed by atoms with Gasteiger partial charge in [-0.15, -0.1) is 0 Å². The molecule has 4 nitrogen and oxygen atoms in total. The minimum atomic E-state index is -0.502. The second-order valence-corrected chi connectivity index (χ2v) is 6.36. The Labute approximate surface area is 152 Å². The van der Waals surface area contributed by atoms with E-state index in [9.17, 15) is 4.39 Å². The highest BCUT2D eigenvalue weighted by atomic mass is 35.5. The van der Waals surface area contributed by atoms with Gasteiger partial charge >= 0.3 is 0 Å². The summed E-state index contributed by atoms with van der Waals surface area (Å²) in [5.74, 6) is -0.502. The molecule has 123 valence electrons. The minimum absolute atomic E-state index is 0.175. The number of pyridine rings is 2. The topological polar surface area (TPSA) is 43.6 Å². The molecule has 1 radical (unpaired) electrons. The van der Waals surface area contributed by atoms with Crippen LogP contribution in [0.3, 0.4) is 0 Å². The van der Waals surface area contributed by atoms with Crippen LogP contribution in [0.1, 0.15) is 5.56 Å². The molecule has 3 aromatic heterocycles. The maximum atomic E-state index is 13.4. The molecule has 0 fully saturated rings. The molecule has 0 atom stereocenters. The molecule has 0 N–H and O–H groups in total. The largest absolute Gasteiger partial charge is 0.254 e. The number of aromatic nitrogens is 4. The molecule has 3 heterocycles. The van der Waals surface area contributed by atoms with Crippen LogP contribution < -0.4 is 0 Å². The Morgan fingerprint density at radius 1 is 1.16 bits per heavy atom. The zero-order valence-electron chi connectivity index (χ0n) is 13.0. The van der Waals surface area contributed by atoms with E-state index in [2.05, 4.69) is 21.3 Å². The Hall–Kier alpha value is -2.50. The van der Waals surface area contributed by atoms with Crippen molar-refractivity contribution in [2.45, 2.75) is 6.92 Å². The molecule has 1 aromatic carbocycles. The summed E-state index contributed by atoms with van der Waals surface area (Å²) in [6.45, 7) is 1.96. The van der Waals surface area contributed by atoms with Crippen LogP contribution in [0, 0.1) is 18.9 Å². The Morgan fingerprint density at radius 2 is 1.92 bits per heavy atom. The van der Waals surface area contributed by atoms with Crippen LogP contribution in [-0.2, 0) is 0 Å². The van der Waals surface area contributed by atoms with Crippen molar-refractivity contribution in [2.24, 2.45) is 0 Å². The van der Waals surface area contributed by atoms with Crippen LogP contribution in [0.5, 0.6) is 0 Å². The summed E-state index contributed by atoms with van der Waals surface area (Å²) >= 11 is 12.3. The van der Waals surface area contributed by atoms with Crippen molar-refractivity contribution >= 4 is 34.1 Å². The molecule has 0 spiro atoms. The standard InChI is InChI=1S/C18H10Cl2FN4/c1-10-2-4-22-16(6-10)17-12-9-25(24-15(12)3-5-23-17)18-13(19)7-11(21)8-14(18)20/h2-3,5-9H,1H3.